The molecule has 0 aromatic carbocycles. The van der Waals surface area contributed by atoms with Gasteiger partial charge in [0.2, 0.25) is 0 Å². The normalized spacial score (nSPS) is 22.6. The molecule has 2 aromatic heterocycles. The minimum atomic E-state index is -0.138. The number of amides is 1. The molecule has 4 rings (SSSR count). The molecule has 1 amide bonds. The smallest absolute Gasteiger partial charge is 0.286 e. The van der Waals surface area contributed by atoms with Crippen molar-refractivity contribution in [1.29, 1.82) is 0 Å². The van der Waals surface area contributed by atoms with Crippen molar-refractivity contribution >= 4 is 17.2 Å². The third-order valence-electron chi connectivity index (χ3n) is 5.07. The second-order valence-electron chi connectivity index (χ2n) is 6.65. The highest BCUT2D eigenvalue weighted by Crippen LogP contribution is 2.42. The molecule has 5 nitrogen and oxygen atoms in total. The maximum atomic E-state index is 11.9. The van der Waals surface area contributed by atoms with Gasteiger partial charge in [0.05, 0.1) is 11.9 Å². The Kier molecular flexibility index (Phi) is 4.43. The number of hydrogen-bond acceptors (Lipinski definition) is 5. The molecule has 4 heterocycles. The summed E-state index contributed by atoms with van der Waals surface area (Å²) in [7, 11) is 0. The van der Waals surface area contributed by atoms with Crippen molar-refractivity contribution in [3.8, 4) is 0 Å². The Balaban J connectivity index is 1.25. The first kappa shape index (κ1) is 15.9. The molecular weight excluding hydrogens is 324 g/mol. The fourth-order valence-corrected chi connectivity index (χ4v) is 4.59. The fraction of sp³-hybridized carbons (Fsp3) is 0.500. The third-order valence-corrected chi connectivity index (χ3v) is 5.93. The van der Waals surface area contributed by atoms with E-state index in [1.165, 1.54) is 11.1 Å². The molecule has 2 aliphatic rings. The first-order valence-electron chi connectivity index (χ1n) is 8.46. The Morgan fingerprint density at radius 3 is 3.04 bits per heavy atom. The van der Waals surface area contributed by atoms with E-state index in [0.717, 1.165) is 39.1 Å². The molecule has 2 fully saturated rings. The molecule has 0 bridgehead atoms. The van der Waals surface area contributed by atoms with E-state index in [2.05, 4.69) is 27.7 Å². The van der Waals surface area contributed by atoms with Gasteiger partial charge in [0.15, 0.2) is 5.76 Å². The lowest BCUT2D eigenvalue weighted by molar-refractivity contribution is -0.136. The second kappa shape index (κ2) is 6.70. The number of rotatable bonds is 6. The zero-order chi connectivity index (χ0) is 16.4. The molecule has 0 unspecified atom stereocenters. The number of carbonyl (C=O) groups excluding carboxylic acids is 1. The molecule has 0 aliphatic carbocycles. The molecule has 24 heavy (non-hydrogen) atoms. The van der Waals surface area contributed by atoms with Crippen LogP contribution in [0.2, 0.25) is 0 Å². The number of nitrogens with one attached hydrogen (secondary N) is 1. The average Bonchev–Trinajstić information content (AvgIpc) is 3.28. The fourth-order valence-electron chi connectivity index (χ4n) is 3.84. The van der Waals surface area contributed by atoms with Crippen LogP contribution in [0.25, 0.3) is 0 Å². The summed E-state index contributed by atoms with van der Waals surface area (Å²) in [6.07, 6.45) is 3.56. The summed E-state index contributed by atoms with van der Waals surface area (Å²) in [5, 5.41) is 5.07. The lowest BCUT2D eigenvalue weighted by Crippen LogP contribution is -2.64. The highest BCUT2D eigenvalue weighted by molar-refractivity contribution is 7.09. The van der Waals surface area contributed by atoms with Crippen molar-refractivity contribution in [3.05, 3.63) is 46.5 Å². The Labute approximate surface area is 145 Å². The van der Waals surface area contributed by atoms with Gasteiger partial charge in [-0.25, -0.2) is 0 Å². The topological polar surface area (TPSA) is 54.7 Å². The third kappa shape index (κ3) is 3.14. The number of furan rings is 1. The van der Waals surface area contributed by atoms with Crippen molar-refractivity contribution in [1.82, 2.24) is 10.2 Å². The molecule has 2 aliphatic heterocycles. The Hall–Kier alpha value is -1.63. The Morgan fingerprint density at radius 1 is 1.38 bits per heavy atom. The summed E-state index contributed by atoms with van der Waals surface area (Å²) >= 11 is 1.81. The van der Waals surface area contributed by atoms with Crippen LogP contribution >= 0.6 is 11.3 Å². The van der Waals surface area contributed by atoms with Gasteiger partial charge >= 0.3 is 0 Å². The van der Waals surface area contributed by atoms with Gasteiger partial charge in [0.25, 0.3) is 5.91 Å². The van der Waals surface area contributed by atoms with Gasteiger partial charge in [-0.1, -0.05) is 6.07 Å². The van der Waals surface area contributed by atoms with Crippen molar-refractivity contribution in [2.75, 3.05) is 26.2 Å². The SMILES string of the molecule is O=C(NCC[C@H]1CCOC12CN(Cc1cccs1)C2)c1ccco1. The van der Waals surface area contributed by atoms with Gasteiger partial charge in [-0.3, -0.25) is 9.69 Å². The van der Waals surface area contributed by atoms with E-state index < -0.39 is 0 Å². The highest BCUT2D eigenvalue weighted by Gasteiger charge is 2.52. The minimum absolute atomic E-state index is 0.00662. The molecule has 1 N–H and O–H groups in total. The van der Waals surface area contributed by atoms with Gasteiger partial charge in [-0.2, -0.15) is 0 Å². The minimum Gasteiger partial charge on any atom is -0.459 e. The first-order chi connectivity index (χ1) is 11.8. The molecule has 6 heteroatoms. The van der Waals surface area contributed by atoms with Crippen LogP contribution in [0.15, 0.2) is 40.3 Å². The number of thiophene rings is 1. The maximum Gasteiger partial charge on any atom is 0.286 e. The number of hydrogen-bond donors (Lipinski definition) is 1. The summed E-state index contributed by atoms with van der Waals surface area (Å²) < 4.78 is 11.2. The number of ether oxygens (including phenoxy) is 1. The van der Waals surface area contributed by atoms with Crippen molar-refractivity contribution in [2.45, 2.75) is 25.0 Å². The van der Waals surface area contributed by atoms with Crippen LogP contribution in [0.3, 0.4) is 0 Å². The van der Waals surface area contributed by atoms with Gasteiger partial charge < -0.3 is 14.5 Å². The van der Waals surface area contributed by atoms with Gasteiger partial charge in [0.1, 0.15) is 0 Å². The number of likely N-dealkylation sites (tertiary alicyclic amines) is 1. The van der Waals surface area contributed by atoms with Crippen molar-refractivity contribution in [2.24, 2.45) is 5.92 Å². The van der Waals surface area contributed by atoms with E-state index in [1.807, 2.05) is 11.3 Å². The molecule has 2 aromatic rings. The van der Waals surface area contributed by atoms with Crippen LogP contribution in [0.4, 0.5) is 0 Å². The quantitative estimate of drug-likeness (QED) is 0.874. The summed E-state index contributed by atoms with van der Waals surface area (Å²) in [4.78, 5) is 15.8. The van der Waals surface area contributed by atoms with Gasteiger partial charge in [-0.15, -0.1) is 11.3 Å². The molecule has 1 atom stereocenters. The standard InChI is InChI=1S/C18H22N2O3S/c21-17(16-4-1-8-22-16)19-7-5-14-6-9-23-18(14)12-20(13-18)11-15-3-2-10-24-15/h1-4,8,10,14H,5-7,9,11-13H2,(H,19,21)/t14-/m0/s1. The van der Waals surface area contributed by atoms with Gasteiger partial charge in [0, 0.05) is 37.7 Å². The molecule has 0 saturated carbocycles. The van der Waals surface area contributed by atoms with Crippen molar-refractivity contribution in [3.63, 3.8) is 0 Å². The first-order valence-corrected chi connectivity index (χ1v) is 9.33. The van der Waals surface area contributed by atoms with Crippen molar-refractivity contribution < 1.29 is 13.9 Å². The van der Waals surface area contributed by atoms with E-state index in [-0.39, 0.29) is 11.5 Å². The summed E-state index contributed by atoms with van der Waals surface area (Å²) in [6, 6.07) is 7.70. The highest BCUT2D eigenvalue weighted by atomic mass is 32.1. The lowest BCUT2D eigenvalue weighted by Gasteiger charge is -2.50. The largest absolute Gasteiger partial charge is 0.459 e. The van der Waals surface area contributed by atoms with E-state index in [4.69, 9.17) is 9.15 Å². The molecular formula is C18H22N2O3S. The van der Waals surface area contributed by atoms with Crippen LogP contribution in [0.1, 0.15) is 28.3 Å². The summed E-state index contributed by atoms with van der Waals surface area (Å²) in [6.45, 7) is 4.53. The Bertz CT molecular complexity index is 663. The maximum absolute atomic E-state index is 11.9. The average molecular weight is 346 g/mol. The van der Waals surface area contributed by atoms with E-state index in [9.17, 15) is 4.79 Å². The number of carbonyl (C=O) groups is 1. The second-order valence-corrected chi connectivity index (χ2v) is 7.68. The Morgan fingerprint density at radius 2 is 2.29 bits per heavy atom. The summed E-state index contributed by atoms with van der Waals surface area (Å²) in [5.74, 6) is 0.757. The summed E-state index contributed by atoms with van der Waals surface area (Å²) in [5.41, 5.74) is 0.00662. The molecule has 0 radical (unpaired) electrons. The van der Waals surface area contributed by atoms with E-state index in [0.29, 0.717) is 18.2 Å². The van der Waals surface area contributed by atoms with Gasteiger partial charge in [-0.05, 0) is 42.3 Å². The zero-order valence-electron chi connectivity index (χ0n) is 13.6. The van der Waals surface area contributed by atoms with Crippen LogP contribution < -0.4 is 5.32 Å². The molecule has 128 valence electrons. The van der Waals surface area contributed by atoms with E-state index >= 15 is 0 Å². The van der Waals surface area contributed by atoms with Crippen LogP contribution in [0.5, 0.6) is 0 Å². The lowest BCUT2D eigenvalue weighted by atomic mass is 9.79. The van der Waals surface area contributed by atoms with E-state index in [1.54, 1.807) is 12.1 Å². The number of nitrogens with zero attached hydrogens (tertiary/aromatic N) is 1. The molecule has 2 saturated heterocycles. The molecule has 1 spiro atoms. The van der Waals surface area contributed by atoms with Crippen LogP contribution in [0, 0.1) is 5.92 Å². The zero-order valence-corrected chi connectivity index (χ0v) is 14.4. The van der Waals surface area contributed by atoms with Crippen LogP contribution in [-0.4, -0.2) is 42.6 Å². The van der Waals surface area contributed by atoms with Crippen LogP contribution in [-0.2, 0) is 11.3 Å². The predicted octanol–water partition coefficient (Wildman–Crippen LogP) is 2.75. The monoisotopic (exact) mass is 346 g/mol. The predicted molar refractivity (Wildman–Crippen MR) is 92.0 cm³/mol.